The van der Waals surface area contributed by atoms with Crippen LogP contribution in [0, 0.1) is 5.92 Å². The number of likely N-dealkylation sites (tertiary alicyclic amines) is 1. The molecule has 1 aliphatic heterocycles. The van der Waals surface area contributed by atoms with Crippen molar-refractivity contribution in [1.82, 2.24) is 9.88 Å². The van der Waals surface area contributed by atoms with Crippen LogP contribution in [-0.2, 0) is 5.41 Å². The Kier molecular flexibility index (Phi) is 4.27. The van der Waals surface area contributed by atoms with Gasteiger partial charge in [0.2, 0.25) is 5.75 Å². The zero-order valence-electron chi connectivity index (χ0n) is 19.4. The minimum absolute atomic E-state index is 0.0867. The Balaban J connectivity index is 1.42. The molecule has 2 heterocycles. The Hall–Kier alpha value is -3.94. The maximum atomic E-state index is 13.7. The SMILES string of the molecule is COc1ccc2c(c1)[C@]13C[C@H]1CN(C(=O)c1cc4cc(OC)c(OC)c(OC)c4[nH]1)C3=CC2=O. The molecule has 6 rings (SSSR count). The van der Waals surface area contributed by atoms with E-state index in [1.165, 1.54) is 7.11 Å². The average Bonchev–Trinajstić information content (AvgIpc) is 3.25. The molecule has 1 amide bonds. The molecule has 1 saturated carbocycles. The Bertz CT molecular complexity index is 1420. The summed E-state index contributed by atoms with van der Waals surface area (Å²) in [4.78, 5) is 31.6. The second-order valence-electron chi connectivity index (χ2n) is 8.89. The summed E-state index contributed by atoms with van der Waals surface area (Å²) in [6.07, 6.45) is 2.56. The van der Waals surface area contributed by atoms with Gasteiger partial charge in [-0.15, -0.1) is 0 Å². The van der Waals surface area contributed by atoms with Gasteiger partial charge in [-0.25, -0.2) is 0 Å². The van der Waals surface area contributed by atoms with E-state index in [1.54, 1.807) is 44.4 Å². The largest absolute Gasteiger partial charge is 0.497 e. The molecule has 1 aromatic heterocycles. The number of piperidine rings is 1. The summed E-state index contributed by atoms with van der Waals surface area (Å²) in [5.74, 6) is 2.14. The van der Waals surface area contributed by atoms with Gasteiger partial charge in [0.05, 0.1) is 34.0 Å². The van der Waals surface area contributed by atoms with Crippen molar-refractivity contribution < 1.29 is 28.5 Å². The van der Waals surface area contributed by atoms with Crippen molar-refractivity contribution in [2.24, 2.45) is 5.92 Å². The number of amides is 1. The molecule has 8 nitrogen and oxygen atoms in total. The fourth-order valence-corrected chi connectivity index (χ4v) is 5.73. The van der Waals surface area contributed by atoms with Gasteiger partial charge in [0.15, 0.2) is 17.3 Å². The molecule has 2 fully saturated rings. The predicted molar refractivity (Wildman–Crippen MR) is 124 cm³/mol. The van der Waals surface area contributed by atoms with Crippen LogP contribution in [0.5, 0.6) is 23.0 Å². The minimum atomic E-state index is -0.302. The number of carbonyl (C=O) groups excluding carboxylic acids is 2. The number of nitrogens with zero attached hydrogens (tertiary/aromatic N) is 1. The van der Waals surface area contributed by atoms with Crippen molar-refractivity contribution >= 4 is 22.6 Å². The van der Waals surface area contributed by atoms with Gasteiger partial charge >= 0.3 is 0 Å². The number of hydrogen-bond donors (Lipinski definition) is 1. The zero-order chi connectivity index (χ0) is 23.8. The van der Waals surface area contributed by atoms with Crippen LogP contribution in [0.1, 0.15) is 32.8 Å². The fourth-order valence-electron chi connectivity index (χ4n) is 5.73. The highest BCUT2D eigenvalue weighted by atomic mass is 16.5. The van der Waals surface area contributed by atoms with Crippen LogP contribution in [0.3, 0.4) is 0 Å². The van der Waals surface area contributed by atoms with Crippen LogP contribution in [0.15, 0.2) is 42.1 Å². The molecule has 1 saturated heterocycles. The molecule has 0 bridgehead atoms. The van der Waals surface area contributed by atoms with Crippen molar-refractivity contribution in [2.75, 3.05) is 35.0 Å². The average molecular weight is 460 g/mol. The first-order valence-electron chi connectivity index (χ1n) is 11.0. The van der Waals surface area contributed by atoms with E-state index in [4.69, 9.17) is 18.9 Å². The Morgan fingerprint density at radius 1 is 1.03 bits per heavy atom. The number of benzene rings is 2. The van der Waals surface area contributed by atoms with Gasteiger partial charge in [-0.3, -0.25) is 9.59 Å². The van der Waals surface area contributed by atoms with Crippen molar-refractivity contribution in [3.63, 3.8) is 0 Å². The van der Waals surface area contributed by atoms with Gasteiger partial charge in [0.1, 0.15) is 11.4 Å². The molecule has 0 unspecified atom stereocenters. The molecule has 1 spiro atoms. The highest BCUT2D eigenvalue weighted by Gasteiger charge is 2.67. The molecular weight excluding hydrogens is 436 g/mol. The number of methoxy groups -OCH3 is 4. The monoisotopic (exact) mass is 460 g/mol. The topological polar surface area (TPSA) is 90.1 Å². The van der Waals surface area contributed by atoms with Crippen molar-refractivity contribution in [1.29, 1.82) is 0 Å². The van der Waals surface area contributed by atoms with E-state index < -0.39 is 0 Å². The molecule has 174 valence electrons. The molecule has 3 aromatic rings. The number of nitrogens with one attached hydrogen (secondary N) is 1. The van der Waals surface area contributed by atoms with Crippen molar-refractivity contribution in [2.45, 2.75) is 11.8 Å². The molecule has 2 aromatic carbocycles. The summed E-state index contributed by atoms with van der Waals surface area (Å²) in [7, 11) is 6.25. The number of aromatic amines is 1. The third-order valence-corrected chi connectivity index (χ3v) is 7.39. The number of ether oxygens (including phenoxy) is 4. The number of fused-ring (bicyclic) bond motifs is 2. The third-order valence-electron chi connectivity index (χ3n) is 7.39. The number of aromatic nitrogens is 1. The lowest BCUT2D eigenvalue weighted by Gasteiger charge is -2.29. The molecule has 0 radical (unpaired) electrons. The molecule has 3 aliphatic rings. The first-order valence-corrected chi connectivity index (χ1v) is 11.0. The van der Waals surface area contributed by atoms with Crippen LogP contribution >= 0.6 is 0 Å². The number of allylic oxidation sites excluding steroid dienone is 2. The van der Waals surface area contributed by atoms with Gasteiger partial charge in [-0.2, -0.15) is 0 Å². The molecule has 2 aliphatic carbocycles. The second-order valence-corrected chi connectivity index (χ2v) is 8.89. The number of hydrogen-bond acceptors (Lipinski definition) is 6. The van der Waals surface area contributed by atoms with Gasteiger partial charge < -0.3 is 28.8 Å². The van der Waals surface area contributed by atoms with E-state index in [9.17, 15) is 9.59 Å². The van der Waals surface area contributed by atoms with Crippen LogP contribution in [0.25, 0.3) is 10.9 Å². The Morgan fingerprint density at radius 2 is 1.82 bits per heavy atom. The van der Waals surface area contributed by atoms with Crippen LogP contribution in [-0.4, -0.2) is 56.6 Å². The summed E-state index contributed by atoms with van der Waals surface area (Å²) in [6, 6.07) is 9.16. The van der Waals surface area contributed by atoms with E-state index in [1.807, 2.05) is 18.2 Å². The van der Waals surface area contributed by atoms with Crippen LogP contribution < -0.4 is 18.9 Å². The van der Waals surface area contributed by atoms with Gasteiger partial charge in [-0.05, 0) is 48.2 Å². The summed E-state index contributed by atoms with van der Waals surface area (Å²) < 4.78 is 21.9. The number of rotatable bonds is 5. The lowest BCUT2D eigenvalue weighted by Crippen LogP contribution is -2.33. The summed E-state index contributed by atoms with van der Waals surface area (Å²) in [6.45, 7) is 0.563. The molecule has 1 N–H and O–H groups in total. The van der Waals surface area contributed by atoms with Gasteiger partial charge in [-0.1, -0.05) is 0 Å². The third kappa shape index (κ3) is 2.53. The Morgan fingerprint density at radius 3 is 2.53 bits per heavy atom. The zero-order valence-corrected chi connectivity index (χ0v) is 19.4. The standard InChI is InChI=1S/C26H24N2O6/c1-31-15-5-6-16-17(9-15)26-11-14(26)12-28(21(26)10-19(16)29)25(30)18-7-13-8-20(32-2)23(33-3)24(34-4)22(13)27-18/h5-10,14,27H,11-12H2,1-4H3/t14-,26-/m0/s1. The molecule has 34 heavy (non-hydrogen) atoms. The first-order chi connectivity index (χ1) is 16.5. The number of H-pyrrole nitrogens is 1. The second kappa shape index (κ2) is 7.03. The van der Waals surface area contributed by atoms with E-state index in [2.05, 4.69) is 4.98 Å². The lowest BCUT2D eigenvalue weighted by molar-refractivity contribution is 0.0806. The van der Waals surface area contributed by atoms with Crippen LogP contribution in [0.4, 0.5) is 0 Å². The van der Waals surface area contributed by atoms with Crippen LogP contribution in [0.2, 0.25) is 0 Å². The fraction of sp³-hybridized carbons (Fsp3) is 0.308. The minimum Gasteiger partial charge on any atom is -0.497 e. The van der Waals surface area contributed by atoms with E-state index in [-0.39, 0.29) is 23.0 Å². The highest BCUT2D eigenvalue weighted by molar-refractivity contribution is 6.10. The number of carbonyl (C=O) groups is 2. The smallest absolute Gasteiger partial charge is 0.274 e. The normalized spacial score (nSPS) is 22.0. The molecule has 8 heteroatoms. The van der Waals surface area contributed by atoms with Crippen molar-refractivity contribution in [3.8, 4) is 23.0 Å². The molecule has 2 atom stereocenters. The summed E-state index contributed by atoms with van der Waals surface area (Å²) in [5.41, 5.74) is 3.17. The van der Waals surface area contributed by atoms with E-state index in [0.29, 0.717) is 46.3 Å². The summed E-state index contributed by atoms with van der Waals surface area (Å²) >= 11 is 0. The summed E-state index contributed by atoms with van der Waals surface area (Å²) in [5, 5.41) is 0.765. The maximum Gasteiger partial charge on any atom is 0.274 e. The predicted octanol–water partition coefficient (Wildman–Crippen LogP) is 3.70. The van der Waals surface area contributed by atoms with Crippen molar-refractivity contribution in [3.05, 3.63) is 58.9 Å². The Labute approximate surface area is 196 Å². The van der Waals surface area contributed by atoms with Gasteiger partial charge in [0, 0.05) is 34.7 Å². The molecular formula is C26H24N2O6. The lowest BCUT2D eigenvalue weighted by atomic mass is 9.81. The van der Waals surface area contributed by atoms with Gasteiger partial charge in [0.25, 0.3) is 5.91 Å². The first kappa shape index (κ1) is 20.7. The quantitative estimate of drug-likeness (QED) is 0.625. The maximum absolute atomic E-state index is 13.7. The number of ketones is 1. The highest BCUT2D eigenvalue weighted by Crippen LogP contribution is 2.67. The van der Waals surface area contributed by atoms with E-state index in [0.717, 1.165) is 23.1 Å². The van der Waals surface area contributed by atoms with E-state index >= 15 is 0 Å².